The minimum atomic E-state index is -0.861. The van der Waals surface area contributed by atoms with E-state index in [1.54, 1.807) is 43.1 Å². The molecule has 0 fully saturated rings. The van der Waals surface area contributed by atoms with E-state index in [1.165, 1.54) is 7.11 Å². The van der Waals surface area contributed by atoms with Crippen LogP contribution in [0, 0.1) is 0 Å². The molecule has 4 rings (SSSR count). The molecule has 1 atom stereocenters. The van der Waals surface area contributed by atoms with E-state index in [9.17, 15) is 9.59 Å². The van der Waals surface area contributed by atoms with Crippen LogP contribution in [0.15, 0.2) is 115 Å². The maximum Gasteiger partial charge on any atom is 0.329 e. The van der Waals surface area contributed by atoms with Gasteiger partial charge < -0.3 is 14.8 Å². The summed E-state index contributed by atoms with van der Waals surface area (Å²) in [5.74, 6) is 0.0728. The molecule has 4 aromatic carbocycles. The molecule has 0 spiro atoms. The highest BCUT2D eigenvalue weighted by molar-refractivity contribution is 8.00. The first-order chi connectivity index (χ1) is 18.1. The van der Waals surface area contributed by atoms with E-state index in [-0.39, 0.29) is 11.7 Å². The Bertz CT molecular complexity index is 1200. The summed E-state index contributed by atoms with van der Waals surface area (Å²) >= 11 is 1.59. The number of methoxy groups -OCH3 is 2. The molecule has 1 N–H and O–H groups in total. The minimum absolute atomic E-state index is 0.285. The van der Waals surface area contributed by atoms with Crippen LogP contribution in [-0.4, -0.2) is 37.9 Å². The van der Waals surface area contributed by atoms with Crippen molar-refractivity contribution in [3.8, 4) is 5.75 Å². The van der Waals surface area contributed by atoms with Crippen molar-refractivity contribution in [1.82, 2.24) is 5.32 Å². The lowest BCUT2D eigenvalue weighted by Gasteiger charge is -2.36. The van der Waals surface area contributed by atoms with Gasteiger partial charge in [0.15, 0.2) is 0 Å². The van der Waals surface area contributed by atoms with Crippen molar-refractivity contribution in [2.75, 3.05) is 20.0 Å². The van der Waals surface area contributed by atoms with Gasteiger partial charge in [0.25, 0.3) is 5.91 Å². The molecule has 0 aliphatic heterocycles. The van der Waals surface area contributed by atoms with E-state index < -0.39 is 16.8 Å². The number of carbonyl (C=O) groups is 2. The summed E-state index contributed by atoms with van der Waals surface area (Å²) in [6.07, 6.45) is 0. The number of amides is 1. The molecule has 1 amide bonds. The fraction of sp³-hybridized carbons (Fsp3) is 0.161. The van der Waals surface area contributed by atoms with Gasteiger partial charge >= 0.3 is 5.97 Å². The molecular weight excluding hydrogens is 482 g/mol. The van der Waals surface area contributed by atoms with Crippen LogP contribution in [-0.2, 0) is 14.3 Å². The second-order valence-electron chi connectivity index (χ2n) is 8.37. The quantitative estimate of drug-likeness (QED) is 0.219. The van der Waals surface area contributed by atoms with Crippen molar-refractivity contribution in [3.05, 3.63) is 138 Å². The van der Waals surface area contributed by atoms with Crippen LogP contribution in [0.25, 0.3) is 0 Å². The zero-order valence-corrected chi connectivity index (χ0v) is 21.6. The van der Waals surface area contributed by atoms with Crippen molar-refractivity contribution in [2.24, 2.45) is 0 Å². The first-order valence-corrected chi connectivity index (χ1v) is 12.9. The number of nitrogens with one attached hydrogen (secondary N) is 1. The Hall–Kier alpha value is -4.03. The predicted molar refractivity (Wildman–Crippen MR) is 148 cm³/mol. The Balaban J connectivity index is 1.71. The molecule has 0 aromatic heterocycles. The lowest BCUT2D eigenvalue weighted by Crippen LogP contribution is -2.44. The molecule has 0 aliphatic carbocycles. The van der Waals surface area contributed by atoms with Gasteiger partial charge in [-0.25, -0.2) is 4.79 Å². The molecule has 0 heterocycles. The van der Waals surface area contributed by atoms with E-state index in [1.807, 2.05) is 54.6 Å². The Morgan fingerprint density at radius 2 is 1.19 bits per heavy atom. The smallest absolute Gasteiger partial charge is 0.329 e. The maximum atomic E-state index is 13.0. The SMILES string of the molecule is COC(=O)[C@H](CSC(c1ccccc1)(c1ccccc1)c1ccccc1)NC(=O)c1ccc(OC)cc1. The van der Waals surface area contributed by atoms with Gasteiger partial charge in [-0.05, 0) is 41.0 Å². The zero-order chi connectivity index (χ0) is 26.1. The number of benzene rings is 4. The fourth-order valence-electron chi connectivity index (χ4n) is 4.27. The predicted octanol–water partition coefficient (Wildman–Crippen LogP) is 5.69. The average molecular weight is 512 g/mol. The molecule has 0 aliphatic rings. The van der Waals surface area contributed by atoms with Crippen molar-refractivity contribution >= 4 is 23.6 Å². The van der Waals surface area contributed by atoms with Crippen LogP contribution in [0.3, 0.4) is 0 Å². The van der Waals surface area contributed by atoms with E-state index in [0.717, 1.165) is 16.7 Å². The van der Waals surface area contributed by atoms with Crippen LogP contribution in [0.5, 0.6) is 5.75 Å². The number of carbonyl (C=O) groups excluding carboxylic acids is 2. The van der Waals surface area contributed by atoms with E-state index in [2.05, 4.69) is 41.7 Å². The van der Waals surface area contributed by atoms with Gasteiger partial charge in [0.2, 0.25) is 0 Å². The highest BCUT2D eigenvalue weighted by Crippen LogP contribution is 2.48. The largest absolute Gasteiger partial charge is 0.497 e. The topological polar surface area (TPSA) is 64.6 Å². The molecular formula is C31H29NO4S. The second kappa shape index (κ2) is 12.3. The normalized spacial score (nSPS) is 11.8. The molecule has 0 saturated carbocycles. The lowest BCUT2D eigenvalue weighted by molar-refractivity contribution is -0.142. The standard InChI is InChI=1S/C31H29NO4S/c1-35-27-20-18-23(19-21-27)29(33)32-28(30(34)36-2)22-37-31(24-12-6-3-7-13-24,25-14-8-4-9-15-25)26-16-10-5-11-17-26/h3-21,28H,22H2,1-2H3,(H,32,33)/t28-/m0/s1. The van der Waals surface area contributed by atoms with Gasteiger partial charge in [-0.2, -0.15) is 0 Å². The first-order valence-electron chi connectivity index (χ1n) is 11.9. The number of ether oxygens (including phenoxy) is 2. The number of rotatable bonds is 10. The van der Waals surface area contributed by atoms with Crippen LogP contribution in [0.2, 0.25) is 0 Å². The summed E-state index contributed by atoms with van der Waals surface area (Å²) in [5, 5.41) is 2.87. The number of thioether (sulfide) groups is 1. The Labute approximate surface area is 221 Å². The highest BCUT2D eigenvalue weighted by Gasteiger charge is 2.38. The third-order valence-electron chi connectivity index (χ3n) is 6.15. The number of esters is 1. The van der Waals surface area contributed by atoms with Crippen LogP contribution >= 0.6 is 11.8 Å². The molecule has 37 heavy (non-hydrogen) atoms. The van der Waals surface area contributed by atoms with Crippen molar-refractivity contribution in [1.29, 1.82) is 0 Å². The third kappa shape index (κ3) is 5.87. The van der Waals surface area contributed by atoms with E-state index in [0.29, 0.717) is 11.3 Å². The Morgan fingerprint density at radius 3 is 1.59 bits per heavy atom. The van der Waals surface area contributed by atoms with Crippen LogP contribution in [0.1, 0.15) is 27.0 Å². The van der Waals surface area contributed by atoms with Gasteiger partial charge in [-0.3, -0.25) is 4.79 Å². The van der Waals surface area contributed by atoms with Gasteiger partial charge in [0, 0.05) is 11.3 Å². The molecule has 0 saturated heterocycles. The Morgan fingerprint density at radius 1 is 0.730 bits per heavy atom. The summed E-state index contributed by atoms with van der Waals surface area (Å²) in [5.41, 5.74) is 3.65. The summed E-state index contributed by atoms with van der Waals surface area (Å²) in [4.78, 5) is 25.9. The molecule has 5 nitrogen and oxygen atoms in total. The molecule has 6 heteroatoms. The van der Waals surface area contributed by atoms with Gasteiger partial charge in [-0.15, -0.1) is 11.8 Å². The summed E-state index contributed by atoms with van der Waals surface area (Å²) in [6.45, 7) is 0. The zero-order valence-electron chi connectivity index (χ0n) is 20.8. The number of hydrogen-bond acceptors (Lipinski definition) is 5. The molecule has 0 bridgehead atoms. The van der Waals surface area contributed by atoms with Gasteiger partial charge in [-0.1, -0.05) is 91.0 Å². The number of hydrogen-bond donors (Lipinski definition) is 1. The van der Waals surface area contributed by atoms with Crippen LogP contribution < -0.4 is 10.1 Å². The summed E-state index contributed by atoms with van der Waals surface area (Å²) < 4.78 is 9.64. The molecule has 188 valence electrons. The highest BCUT2D eigenvalue weighted by atomic mass is 32.2. The van der Waals surface area contributed by atoms with Crippen molar-refractivity contribution < 1.29 is 19.1 Å². The summed E-state index contributed by atoms with van der Waals surface area (Å²) in [7, 11) is 2.90. The monoisotopic (exact) mass is 511 g/mol. The third-order valence-corrected chi connectivity index (χ3v) is 7.79. The maximum absolute atomic E-state index is 13.0. The molecule has 4 aromatic rings. The first kappa shape index (κ1) is 26.0. The van der Waals surface area contributed by atoms with E-state index >= 15 is 0 Å². The second-order valence-corrected chi connectivity index (χ2v) is 9.60. The van der Waals surface area contributed by atoms with Crippen molar-refractivity contribution in [3.63, 3.8) is 0 Å². The minimum Gasteiger partial charge on any atom is -0.497 e. The average Bonchev–Trinajstić information content (AvgIpc) is 2.98. The lowest BCUT2D eigenvalue weighted by atomic mass is 9.84. The fourth-order valence-corrected chi connectivity index (χ4v) is 5.82. The van der Waals surface area contributed by atoms with Gasteiger partial charge in [0.1, 0.15) is 11.8 Å². The summed E-state index contributed by atoms with van der Waals surface area (Å²) in [6, 6.07) is 36.5. The Kier molecular flexibility index (Phi) is 8.64. The van der Waals surface area contributed by atoms with Crippen LogP contribution in [0.4, 0.5) is 0 Å². The van der Waals surface area contributed by atoms with Crippen molar-refractivity contribution in [2.45, 2.75) is 10.8 Å². The molecule has 0 unspecified atom stereocenters. The molecule has 0 radical (unpaired) electrons. The van der Waals surface area contributed by atoms with Gasteiger partial charge in [0.05, 0.1) is 19.0 Å². The van der Waals surface area contributed by atoms with E-state index in [4.69, 9.17) is 9.47 Å².